The highest BCUT2D eigenvalue weighted by Crippen LogP contribution is 2.19. The van der Waals surface area contributed by atoms with Gasteiger partial charge in [-0.15, -0.1) is 10.2 Å². The number of nitrogens with zero attached hydrogens (tertiary/aromatic N) is 4. The minimum atomic E-state index is -0.460. The van der Waals surface area contributed by atoms with Crippen molar-refractivity contribution < 1.29 is 4.79 Å². The zero-order valence-electron chi connectivity index (χ0n) is 13.5. The van der Waals surface area contributed by atoms with Crippen LogP contribution in [0.2, 0.25) is 0 Å². The van der Waals surface area contributed by atoms with Crippen molar-refractivity contribution in [3.63, 3.8) is 0 Å². The number of rotatable bonds is 3. The number of hydrogen-bond donors (Lipinski definition) is 2. The summed E-state index contributed by atoms with van der Waals surface area (Å²) in [6.07, 6.45) is 0. The minimum absolute atomic E-state index is 0.101. The number of hydrogen-bond acceptors (Lipinski definition) is 5. The van der Waals surface area contributed by atoms with Gasteiger partial charge in [0.2, 0.25) is 5.82 Å². The van der Waals surface area contributed by atoms with Crippen molar-refractivity contribution in [2.75, 3.05) is 5.32 Å². The summed E-state index contributed by atoms with van der Waals surface area (Å²) in [5.41, 5.74) is 2.30. The second kappa shape index (κ2) is 6.07. The average Bonchev–Trinajstić information content (AvgIpc) is 2.93. The van der Waals surface area contributed by atoms with Gasteiger partial charge in [0.25, 0.3) is 11.5 Å². The minimum Gasteiger partial charge on any atom is -0.326 e. The van der Waals surface area contributed by atoms with E-state index in [0.29, 0.717) is 22.8 Å². The number of aromatic nitrogens is 5. The summed E-state index contributed by atoms with van der Waals surface area (Å²) in [5.74, 6) is -0.00373. The Hall–Kier alpha value is -3.29. The molecule has 0 fully saturated rings. The van der Waals surface area contributed by atoms with Gasteiger partial charge in [0.05, 0.1) is 7.05 Å². The van der Waals surface area contributed by atoms with E-state index < -0.39 is 11.5 Å². The van der Waals surface area contributed by atoms with Crippen molar-refractivity contribution in [1.29, 1.82) is 0 Å². The van der Waals surface area contributed by atoms with Crippen LogP contribution in [0.5, 0.6) is 0 Å². The lowest BCUT2D eigenvalue weighted by atomic mass is 10.1. The monoisotopic (exact) mass is 324 g/mol. The smallest absolute Gasteiger partial charge is 0.261 e. The molecule has 2 heterocycles. The van der Waals surface area contributed by atoms with Crippen molar-refractivity contribution in [3.05, 3.63) is 57.5 Å². The maximum Gasteiger partial charge on any atom is 0.261 e. The molecule has 0 saturated carbocycles. The molecule has 0 spiro atoms. The van der Waals surface area contributed by atoms with E-state index in [0.717, 1.165) is 5.56 Å². The Bertz CT molecular complexity index is 973. The zero-order chi connectivity index (χ0) is 17.3. The van der Waals surface area contributed by atoms with Gasteiger partial charge in [-0.05, 0) is 42.8 Å². The van der Waals surface area contributed by atoms with Crippen molar-refractivity contribution in [1.82, 2.24) is 25.2 Å². The first-order chi connectivity index (χ1) is 11.4. The van der Waals surface area contributed by atoms with E-state index in [2.05, 4.69) is 25.7 Å². The summed E-state index contributed by atoms with van der Waals surface area (Å²) in [4.78, 5) is 28.5. The molecule has 0 aliphatic heterocycles. The molecule has 0 bridgehead atoms. The molecule has 2 aromatic heterocycles. The number of amides is 1. The number of aromatic amines is 1. The molecule has 1 amide bonds. The van der Waals surface area contributed by atoms with Gasteiger partial charge in [0.15, 0.2) is 0 Å². The van der Waals surface area contributed by atoms with Crippen molar-refractivity contribution in [2.24, 2.45) is 7.05 Å². The third-order valence-corrected chi connectivity index (χ3v) is 3.48. The summed E-state index contributed by atoms with van der Waals surface area (Å²) in [7, 11) is 1.68. The van der Waals surface area contributed by atoms with Gasteiger partial charge >= 0.3 is 0 Å². The van der Waals surface area contributed by atoms with Gasteiger partial charge in [-0.1, -0.05) is 12.1 Å². The Balaban J connectivity index is 1.89. The molecule has 8 heteroatoms. The number of anilines is 1. The number of carbonyl (C=O) groups is 1. The van der Waals surface area contributed by atoms with Crippen LogP contribution in [0.4, 0.5) is 5.69 Å². The van der Waals surface area contributed by atoms with Gasteiger partial charge < -0.3 is 10.3 Å². The maximum atomic E-state index is 12.4. The Morgan fingerprint density at radius 1 is 1.25 bits per heavy atom. The lowest BCUT2D eigenvalue weighted by Crippen LogP contribution is -2.25. The second-order valence-corrected chi connectivity index (χ2v) is 5.48. The van der Waals surface area contributed by atoms with E-state index in [9.17, 15) is 9.59 Å². The van der Waals surface area contributed by atoms with Gasteiger partial charge in [0.1, 0.15) is 5.56 Å². The SMILES string of the molecule is Cc1cc(C)c(C(=O)Nc2cccc(-c3nnn(C)n3)c2)c(=O)[nH]1. The average molecular weight is 324 g/mol. The highest BCUT2D eigenvalue weighted by molar-refractivity contribution is 6.05. The predicted molar refractivity (Wildman–Crippen MR) is 88.7 cm³/mol. The first-order valence-corrected chi connectivity index (χ1v) is 7.30. The predicted octanol–water partition coefficient (Wildman–Crippen LogP) is 1.43. The molecule has 1 aromatic carbocycles. The van der Waals surface area contributed by atoms with E-state index in [1.165, 1.54) is 4.80 Å². The van der Waals surface area contributed by atoms with E-state index >= 15 is 0 Å². The molecule has 0 unspecified atom stereocenters. The van der Waals surface area contributed by atoms with Crippen LogP contribution in [0, 0.1) is 13.8 Å². The van der Waals surface area contributed by atoms with Gasteiger partial charge in [-0.2, -0.15) is 4.80 Å². The number of benzene rings is 1. The lowest BCUT2D eigenvalue weighted by Gasteiger charge is -2.08. The summed E-state index contributed by atoms with van der Waals surface area (Å²) in [5, 5.41) is 14.6. The maximum absolute atomic E-state index is 12.4. The second-order valence-electron chi connectivity index (χ2n) is 5.48. The quantitative estimate of drug-likeness (QED) is 0.758. The van der Waals surface area contributed by atoms with Crippen LogP contribution in [0.1, 0.15) is 21.6 Å². The first-order valence-electron chi connectivity index (χ1n) is 7.30. The topological polar surface area (TPSA) is 106 Å². The summed E-state index contributed by atoms with van der Waals surface area (Å²) in [6, 6.07) is 8.81. The van der Waals surface area contributed by atoms with E-state index in [4.69, 9.17) is 0 Å². The number of aryl methyl sites for hydroxylation is 3. The molecule has 2 N–H and O–H groups in total. The first kappa shape index (κ1) is 15.6. The van der Waals surface area contributed by atoms with E-state index in [1.54, 1.807) is 45.2 Å². The molecular formula is C16H16N6O2. The summed E-state index contributed by atoms with van der Waals surface area (Å²) < 4.78 is 0. The Morgan fingerprint density at radius 2 is 2.04 bits per heavy atom. The fourth-order valence-electron chi connectivity index (χ4n) is 2.47. The largest absolute Gasteiger partial charge is 0.326 e. The molecule has 24 heavy (non-hydrogen) atoms. The highest BCUT2D eigenvalue weighted by Gasteiger charge is 2.15. The standard InChI is InChI=1S/C16H16N6O2/c1-9-7-10(2)17-15(23)13(9)16(24)18-12-6-4-5-11(8-12)14-19-21-22(3)20-14/h4-8H,1-3H3,(H,17,23)(H,18,24). The number of carbonyl (C=O) groups excluding carboxylic acids is 1. The van der Waals surface area contributed by atoms with Gasteiger partial charge in [0, 0.05) is 16.9 Å². The normalized spacial score (nSPS) is 10.6. The number of tetrazole rings is 1. The van der Waals surface area contributed by atoms with Crippen LogP contribution < -0.4 is 10.9 Å². The highest BCUT2D eigenvalue weighted by atomic mass is 16.2. The Labute approximate surface area is 137 Å². The van der Waals surface area contributed by atoms with E-state index in [1.807, 2.05) is 6.07 Å². The van der Waals surface area contributed by atoms with Crippen LogP contribution in [0.3, 0.4) is 0 Å². The summed E-state index contributed by atoms with van der Waals surface area (Å²) in [6.45, 7) is 3.50. The third kappa shape index (κ3) is 3.07. The van der Waals surface area contributed by atoms with Crippen molar-refractivity contribution >= 4 is 11.6 Å². The molecule has 0 saturated heterocycles. The number of pyridine rings is 1. The van der Waals surface area contributed by atoms with Crippen LogP contribution in [-0.4, -0.2) is 31.1 Å². The number of H-pyrrole nitrogens is 1. The van der Waals surface area contributed by atoms with Crippen LogP contribution in [0.15, 0.2) is 35.1 Å². The molecule has 8 nitrogen and oxygen atoms in total. The molecule has 0 atom stereocenters. The lowest BCUT2D eigenvalue weighted by molar-refractivity contribution is 0.102. The molecule has 122 valence electrons. The number of nitrogens with one attached hydrogen (secondary N) is 2. The molecule has 0 aliphatic rings. The Kier molecular flexibility index (Phi) is 3.95. The van der Waals surface area contributed by atoms with Crippen LogP contribution >= 0.6 is 0 Å². The third-order valence-electron chi connectivity index (χ3n) is 3.48. The fourth-order valence-corrected chi connectivity index (χ4v) is 2.47. The molecule has 0 radical (unpaired) electrons. The zero-order valence-corrected chi connectivity index (χ0v) is 13.5. The van der Waals surface area contributed by atoms with E-state index in [-0.39, 0.29) is 5.56 Å². The van der Waals surface area contributed by atoms with Crippen LogP contribution in [-0.2, 0) is 7.05 Å². The Morgan fingerprint density at radius 3 is 2.71 bits per heavy atom. The van der Waals surface area contributed by atoms with Gasteiger partial charge in [-0.25, -0.2) is 0 Å². The van der Waals surface area contributed by atoms with Gasteiger partial charge in [-0.3, -0.25) is 9.59 Å². The molecule has 0 aliphatic carbocycles. The fraction of sp³-hybridized carbons (Fsp3) is 0.188. The summed E-state index contributed by atoms with van der Waals surface area (Å²) >= 11 is 0. The molecule has 3 rings (SSSR count). The molecular weight excluding hydrogens is 308 g/mol. The molecule has 3 aromatic rings. The van der Waals surface area contributed by atoms with Crippen LogP contribution in [0.25, 0.3) is 11.4 Å². The van der Waals surface area contributed by atoms with Crippen molar-refractivity contribution in [2.45, 2.75) is 13.8 Å². The van der Waals surface area contributed by atoms with Crippen molar-refractivity contribution in [3.8, 4) is 11.4 Å².